The molecule has 144 valence electrons. The Morgan fingerprint density at radius 3 is 2.71 bits per heavy atom. The zero-order valence-corrected chi connectivity index (χ0v) is 16.8. The molecule has 4 rings (SSSR count). The molecule has 0 radical (unpaired) electrons. The van der Waals surface area contributed by atoms with Crippen LogP contribution in [0.15, 0.2) is 47.5 Å². The van der Waals surface area contributed by atoms with Crippen molar-refractivity contribution in [3.63, 3.8) is 0 Å². The maximum atomic E-state index is 10.1. The lowest BCUT2D eigenvalue weighted by molar-refractivity contribution is -0.101. The van der Waals surface area contributed by atoms with Gasteiger partial charge in [-0.15, -0.1) is 10.2 Å². The Kier molecular flexibility index (Phi) is 5.46. The Morgan fingerprint density at radius 2 is 1.93 bits per heavy atom. The van der Waals surface area contributed by atoms with Crippen LogP contribution >= 0.6 is 23.2 Å². The first-order valence-electron chi connectivity index (χ1n) is 9.05. The Morgan fingerprint density at radius 1 is 1.11 bits per heavy atom. The summed E-state index contributed by atoms with van der Waals surface area (Å²) in [5, 5.41) is 21.2. The maximum Gasteiger partial charge on any atom is 0.159 e. The topological polar surface area (TPSA) is 66.5 Å². The van der Waals surface area contributed by atoms with Crippen molar-refractivity contribution in [2.45, 2.75) is 26.4 Å². The van der Waals surface area contributed by atoms with Gasteiger partial charge >= 0.3 is 0 Å². The molecule has 0 fully saturated rings. The van der Waals surface area contributed by atoms with Gasteiger partial charge in [0.25, 0.3) is 0 Å². The molecule has 0 aliphatic carbocycles. The van der Waals surface area contributed by atoms with Crippen molar-refractivity contribution < 1.29 is 5.21 Å². The third-order valence-electron chi connectivity index (χ3n) is 4.56. The smallest absolute Gasteiger partial charge is 0.159 e. The van der Waals surface area contributed by atoms with Gasteiger partial charge in [-0.05, 0) is 30.7 Å². The third-order valence-corrected chi connectivity index (χ3v) is 5.13. The molecule has 0 atom stereocenters. The Balaban J connectivity index is 1.87. The molecule has 6 nitrogen and oxygen atoms in total. The fourth-order valence-electron chi connectivity index (χ4n) is 3.35. The van der Waals surface area contributed by atoms with Gasteiger partial charge in [0, 0.05) is 27.7 Å². The normalized spacial score (nSPS) is 13.1. The van der Waals surface area contributed by atoms with Crippen LogP contribution in [0.25, 0.3) is 5.69 Å². The average molecular weight is 416 g/mol. The van der Waals surface area contributed by atoms with Gasteiger partial charge in [-0.25, -0.2) is 0 Å². The molecular formula is C20H19Cl2N5O. The first-order valence-corrected chi connectivity index (χ1v) is 9.80. The molecule has 0 amide bonds. The summed E-state index contributed by atoms with van der Waals surface area (Å²) >= 11 is 12.8. The van der Waals surface area contributed by atoms with Crippen molar-refractivity contribution in [3.8, 4) is 5.69 Å². The molecule has 1 N–H and O–H groups in total. The molecule has 2 heterocycles. The highest BCUT2D eigenvalue weighted by Gasteiger charge is 2.24. The molecule has 0 saturated carbocycles. The van der Waals surface area contributed by atoms with E-state index >= 15 is 0 Å². The second-order valence-electron chi connectivity index (χ2n) is 6.56. The highest BCUT2D eigenvalue weighted by molar-refractivity contribution is 6.36. The van der Waals surface area contributed by atoms with Crippen molar-refractivity contribution in [3.05, 3.63) is 75.3 Å². The van der Waals surface area contributed by atoms with Gasteiger partial charge in [0.1, 0.15) is 6.54 Å². The summed E-state index contributed by atoms with van der Waals surface area (Å²) in [6, 6.07) is 13.2. The Labute approximate surface area is 173 Å². The molecule has 2 aromatic carbocycles. The number of nitrogens with zero attached hydrogens (tertiary/aromatic N) is 5. The number of halogens is 2. The predicted octanol–water partition coefficient (Wildman–Crippen LogP) is 4.53. The first-order chi connectivity index (χ1) is 13.6. The Bertz CT molecular complexity index is 1050. The largest absolute Gasteiger partial charge is 0.314 e. The van der Waals surface area contributed by atoms with Gasteiger partial charge in [-0.2, -0.15) is 5.06 Å². The number of hydrogen-bond acceptors (Lipinski definition) is 5. The van der Waals surface area contributed by atoms with E-state index < -0.39 is 0 Å². The lowest BCUT2D eigenvalue weighted by atomic mass is 10.0. The van der Waals surface area contributed by atoms with Crippen molar-refractivity contribution in [2.75, 3.05) is 6.54 Å². The quantitative estimate of drug-likeness (QED) is 0.621. The number of fused-ring (bicyclic) bond motifs is 3. The summed E-state index contributed by atoms with van der Waals surface area (Å²) < 4.78 is 1.94. The second-order valence-corrected chi connectivity index (χ2v) is 7.41. The van der Waals surface area contributed by atoms with E-state index in [0.29, 0.717) is 34.8 Å². The number of hydrogen-bond donors (Lipinski definition) is 1. The van der Waals surface area contributed by atoms with Crippen molar-refractivity contribution in [1.29, 1.82) is 0 Å². The summed E-state index contributed by atoms with van der Waals surface area (Å²) in [5.74, 6) is 1.34. The lowest BCUT2D eigenvalue weighted by Gasteiger charge is -2.17. The molecule has 8 heteroatoms. The van der Waals surface area contributed by atoms with Crippen LogP contribution in [-0.4, -0.2) is 37.3 Å². The molecule has 1 aromatic heterocycles. The van der Waals surface area contributed by atoms with E-state index in [1.165, 1.54) is 5.06 Å². The van der Waals surface area contributed by atoms with Gasteiger partial charge < -0.3 is 5.21 Å². The van der Waals surface area contributed by atoms with Gasteiger partial charge in [0.15, 0.2) is 11.6 Å². The fourth-order valence-corrected chi connectivity index (χ4v) is 3.75. The summed E-state index contributed by atoms with van der Waals surface area (Å²) in [5.41, 5.74) is 3.30. The van der Waals surface area contributed by atoms with Gasteiger partial charge in [0.2, 0.25) is 0 Å². The summed E-state index contributed by atoms with van der Waals surface area (Å²) in [6.45, 7) is 3.18. The third kappa shape index (κ3) is 3.56. The summed E-state index contributed by atoms with van der Waals surface area (Å²) in [7, 11) is 0. The van der Waals surface area contributed by atoms with Crippen LogP contribution in [-0.2, 0) is 13.1 Å². The van der Waals surface area contributed by atoms with Gasteiger partial charge in [-0.3, -0.25) is 9.56 Å². The number of aliphatic imine (C=N–C) groups is 1. The predicted molar refractivity (Wildman–Crippen MR) is 110 cm³/mol. The van der Waals surface area contributed by atoms with E-state index in [-0.39, 0.29) is 6.54 Å². The Hall–Kier alpha value is -2.25. The zero-order valence-electron chi connectivity index (χ0n) is 15.3. The van der Waals surface area contributed by atoms with E-state index in [9.17, 15) is 5.21 Å². The first kappa shape index (κ1) is 19.1. The van der Waals surface area contributed by atoms with Crippen LogP contribution in [0, 0.1) is 0 Å². The van der Waals surface area contributed by atoms with Crippen LogP contribution < -0.4 is 0 Å². The number of hydroxylamine groups is 2. The van der Waals surface area contributed by atoms with Crippen LogP contribution in [0.4, 0.5) is 0 Å². The van der Waals surface area contributed by atoms with E-state index in [1.807, 2.05) is 54.0 Å². The molecule has 0 unspecified atom stereocenters. The van der Waals surface area contributed by atoms with E-state index in [4.69, 9.17) is 28.2 Å². The van der Waals surface area contributed by atoms with Crippen molar-refractivity contribution in [2.24, 2.45) is 4.99 Å². The second kappa shape index (κ2) is 8.01. The molecule has 0 bridgehead atoms. The minimum atomic E-state index is 0.268. The standard InChI is InChI=1S/C20H19Cl2N5O/c1-2-9-26(28)12-19-25-24-18-11-23-20(14-5-3-4-6-16(14)22)15-10-13(21)7-8-17(15)27(18)19/h3-8,10,28H,2,9,11-12H2,1H3. The SMILES string of the molecule is CCCN(O)Cc1nnc2n1-c1ccc(Cl)cc1C(c1ccccc1Cl)=NC2. The zero-order chi connectivity index (χ0) is 19.7. The summed E-state index contributed by atoms with van der Waals surface area (Å²) in [4.78, 5) is 4.78. The minimum absolute atomic E-state index is 0.268. The minimum Gasteiger partial charge on any atom is -0.314 e. The molecule has 0 saturated heterocycles. The molecule has 1 aliphatic rings. The van der Waals surface area contributed by atoms with E-state index in [1.54, 1.807) is 0 Å². The molecular weight excluding hydrogens is 397 g/mol. The lowest BCUT2D eigenvalue weighted by Crippen LogP contribution is -2.22. The van der Waals surface area contributed by atoms with Crippen LogP contribution in [0.2, 0.25) is 10.0 Å². The summed E-state index contributed by atoms with van der Waals surface area (Å²) in [6.07, 6.45) is 0.837. The highest BCUT2D eigenvalue weighted by Crippen LogP contribution is 2.30. The van der Waals surface area contributed by atoms with Crippen molar-refractivity contribution >= 4 is 28.9 Å². The van der Waals surface area contributed by atoms with Crippen LogP contribution in [0.5, 0.6) is 0 Å². The molecule has 3 aromatic rings. The van der Waals surface area contributed by atoms with Gasteiger partial charge in [0.05, 0.1) is 17.9 Å². The van der Waals surface area contributed by atoms with E-state index in [2.05, 4.69) is 10.2 Å². The fraction of sp³-hybridized carbons (Fsp3) is 0.250. The highest BCUT2D eigenvalue weighted by atomic mass is 35.5. The molecule has 28 heavy (non-hydrogen) atoms. The average Bonchev–Trinajstić information content (AvgIpc) is 2.98. The van der Waals surface area contributed by atoms with Crippen molar-refractivity contribution in [1.82, 2.24) is 19.8 Å². The van der Waals surface area contributed by atoms with Crippen LogP contribution in [0.1, 0.15) is 36.1 Å². The number of rotatable bonds is 5. The number of aromatic nitrogens is 3. The molecule has 0 spiro atoms. The van der Waals surface area contributed by atoms with E-state index in [0.717, 1.165) is 28.9 Å². The van der Waals surface area contributed by atoms with Gasteiger partial charge in [-0.1, -0.05) is 48.3 Å². The number of benzene rings is 2. The van der Waals surface area contributed by atoms with Crippen LogP contribution in [0.3, 0.4) is 0 Å². The molecule has 1 aliphatic heterocycles. The maximum absolute atomic E-state index is 10.1. The monoisotopic (exact) mass is 415 g/mol.